The van der Waals surface area contributed by atoms with Crippen molar-refractivity contribution in [2.75, 3.05) is 0 Å². The second-order valence-electron chi connectivity index (χ2n) is 3.50. The molecule has 0 saturated carbocycles. The molecule has 0 radical (unpaired) electrons. The van der Waals surface area contributed by atoms with Gasteiger partial charge < -0.3 is 0 Å². The number of nitrogens with two attached hydrogens (primary N) is 1. The first-order chi connectivity index (χ1) is 7.81. The fourth-order valence-electron chi connectivity index (χ4n) is 1.54. The van der Waals surface area contributed by atoms with Gasteiger partial charge in [0.25, 0.3) is 0 Å². The van der Waals surface area contributed by atoms with Gasteiger partial charge in [-0.05, 0) is 42.6 Å². The third-order valence-corrected chi connectivity index (χ3v) is 3.33. The van der Waals surface area contributed by atoms with E-state index >= 15 is 0 Å². The first-order valence-corrected chi connectivity index (χ1v) is 5.72. The molecular formula is C10H13N5S. The number of hydrogen-bond acceptors (Lipinski definition) is 6. The zero-order chi connectivity index (χ0) is 11.4. The smallest absolute Gasteiger partial charge is 0.0773 e. The summed E-state index contributed by atoms with van der Waals surface area (Å²) in [5.41, 5.74) is 4.92. The van der Waals surface area contributed by atoms with Crippen molar-refractivity contribution < 1.29 is 0 Å². The van der Waals surface area contributed by atoms with Crippen molar-refractivity contribution in [2.24, 2.45) is 5.84 Å². The van der Waals surface area contributed by atoms with Crippen LogP contribution in [0.1, 0.15) is 22.2 Å². The quantitative estimate of drug-likeness (QED) is 0.610. The van der Waals surface area contributed by atoms with Crippen molar-refractivity contribution in [1.82, 2.24) is 20.0 Å². The maximum absolute atomic E-state index is 5.57. The van der Waals surface area contributed by atoms with Gasteiger partial charge in [-0.1, -0.05) is 4.49 Å². The number of rotatable bonds is 4. The van der Waals surface area contributed by atoms with E-state index in [1.165, 1.54) is 17.1 Å². The molecular weight excluding hydrogens is 222 g/mol. The summed E-state index contributed by atoms with van der Waals surface area (Å²) in [7, 11) is 0. The Balaban J connectivity index is 2.16. The molecule has 0 aromatic carbocycles. The highest BCUT2D eigenvalue weighted by Gasteiger charge is 2.16. The van der Waals surface area contributed by atoms with E-state index in [1.54, 1.807) is 12.4 Å². The third kappa shape index (κ3) is 2.41. The van der Waals surface area contributed by atoms with Crippen LogP contribution >= 0.6 is 11.5 Å². The van der Waals surface area contributed by atoms with E-state index < -0.39 is 0 Å². The molecule has 2 heterocycles. The van der Waals surface area contributed by atoms with E-state index in [9.17, 15) is 0 Å². The fraction of sp³-hybridized carbons (Fsp3) is 0.300. The molecule has 2 aromatic rings. The van der Waals surface area contributed by atoms with Crippen LogP contribution in [-0.4, -0.2) is 14.6 Å². The molecule has 2 aromatic heterocycles. The van der Waals surface area contributed by atoms with Crippen LogP contribution in [0.2, 0.25) is 0 Å². The zero-order valence-corrected chi connectivity index (χ0v) is 9.74. The van der Waals surface area contributed by atoms with Gasteiger partial charge in [-0.3, -0.25) is 16.3 Å². The van der Waals surface area contributed by atoms with Crippen LogP contribution in [0.3, 0.4) is 0 Å². The Labute approximate surface area is 97.9 Å². The summed E-state index contributed by atoms with van der Waals surface area (Å²) < 4.78 is 3.92. The minimum atomic E-state index is 0.0578. The van der Waals surface area contributed by atoms with Crippen molar-refractivity contribution >= 4 is 11.5 Å². The molecule has 0 saturated heterocycles. The van der Waals surface area contributed by atoms with Gasteiger partial charge in [0.05, 0.1) is 16.6 Å². The van der Waals surface area contributed by atoms with E-state index in [0.717, 1.165) is 17.0 Å². The molecule has 5 nitrogen and oxygen atoms in total. The predicted molar refractivity (Wildman–Crippen MR) is 62.7 cm³/mol. The Morgan fingerprint density at radius 1 is 1.44 bits per heavy atom. The number of hydrogen-bond donors (Lipinski definition) is 2. The second kappa shape index (κ2) is 5.11. The maximum atomic E-state index is 5.57. The molecule has 1 unspecified atom stereocenters. The number of nitrogens with one attached hydrogen (secondary N) is 1. The largest absolute Gasteiger partial charge is 0.271 e. The lowest BCUT2D eigenvalue weighted by Crippen LogP contribution is -2.29. The third-order valence-electron chi connectivity index (χ3n) is 2.39. The normalized spacial score (nSPS) is 12.6. The summed E-state index contributed by atoms with van der Waals surface area (Å²) in [4.78, 5) is 5.07. The molecule has 84 valence electrons. The van der Waals surface area contributed by atoms with Crippen LogP contribution in [0.25, 0.3) is 0 Å². The molecule has 0 spiro atoms. The van der Waals surface area contributed by atoms with Gasteiger partial charge in [0.1, 0.15) is 0 Å². The minimum Gasteiger partial charge on any atom is -0.271 e. The topological polar surface area (TPSA) is 76.7 Å². The number of hydrazine groups is 1. The SMILES string of the molecule is Cc1nnsc1C(Cc1ccncc1)NN. The molecule has 16 heavy (non-hydrogen) atoms. The first-order valence-electron chi connectivity index (χ1n) is 4.95. The van der Waals surface area contributed by atoms with Crippen LogP contribution < -0.4 is 11.3 Å². The Hall–Kier alpha value is -1.37. The lowest BCUT2D eigenvalue weighted by Gasteiger charge is -2.13. The zero-order valence-electron chi connectivity index (χ0n) is 8.92. The highest BCUT2D eigenvalue weighted by molar-refractivity contribution is 7.05. The van der Waals surface area contributed by atoms with Crippen LogP contribution in [0, 0.1) is 6.92 Å². The van der Waals surface area contributed by atoms with E-state index in [1.807, 2.05) is 19.1 Å². The summed E-state index contributed by atoms with van der Waals surface area (Å²) in [6.45, 7) is 1.94. The molecule has 0 fully saturated rings. The standard InChI is InChI=1S/C10H13N5S/c1-7-10(16-15-14-7)9(13-11)6-8-2-4-12-5-3-8/h2-5,9,13H,6,11H2,1H3. The minimum absolute atomic E-state index is 0.0578. The van der Waals surface area contributed by atoms with E-state index in [2.05, 4.69) is 20.0 Å². The molecule has 0 bridgehead atoms. The Morgan fingerprint density at radius 2 is 2.19 bits per heavy atom. The molecule has 1 atom stereocenters. The van der Waals surface area contributed by atoms with Crippen LogP contribution in [-0.2, 0) is 6.42 Å². The highest BCUT2D eigenvalue weighted by Crippen LogP contribution is 2.22. The maximum Gasteiger partial charge on any atom is 0.0773 e. The molecule has 6 heteroatoms. The molecule has 0 aliphatic rings. The number of aryl methyl sites for hydroxylation is 1. The molecule has 0 aliphatic heterocycles. The number of nitrogens with zero attached hydrogens (tertiary/aromatic N) is 3. The lowest BCUT2D eigenvalue weighted by atomic mass is 10.1. The fourth-order valence-corrected chi connectivity index (χ4v) is 2.24. The van der Waals surface area contributed by atoms with E-state index in [0.29, 0.717) is 0 Å². The summed E-state index contributed by atoms with van der Waals surface area (Å²) in [5, 5.41) is 3.99. The van der Waals surface area contributed by atoms with Crippen molar-refractivity contribution in [3.05, 3.63) is 40.7 Å². The van der Waals surface area contributed by atoms with Crippen molar-refractivity contribution in [1.29, 1.82) is 0 Å². The Bertz CT molecular complexity index is 441. The average molecular weight is 235 g/mol. The summed E-state index contributed by atoms with van der Waals surface area (Å²) in [5.74, 6) is 5.57. The van der Waals surface area contributed by atoms with Gasteiger partial charge in [0, 0.05) is 12.4 Å². The van der Waals surface area contributed by atoms with Crippen LogP contribution in [0.15, 0.2) is 24.5 Å². The Kier molecular flexibility index (Phi) is 3.55. The summed E-state index contributed by atoms with van der Waals surface area (Å²) in [6, 6.07) is 4.02. The van der Waals surface area contributed by atoms with Crippen molar-refractivity contribution in [3.63, 3.8) is 0 Å². The Morgan fingerprint density at radius 3 is 2.75 bits per heavy atom. The van der Waals surface area contributed by atoms with Crippen LogP contribution in [0.5, 0.6) is 0 Å². The molecule has 0 aliphatic carbocycles. The average Bonchev–Trinajstić information content (AvgIpc) is 2.74. The lowest BCUT2D eigenvalue weighted by molar-refractivity contribution is 0.557. The summed E-state index contributed by atoms with van der Waals surface area (Å²) in [6.07, 6.45) is 4.37. The molecule has 2 rings (SSSR count). The van der Waals surface area contributed by atoms with E-state index in [-0.39, 0.29) is 6.04 Å². The van der Waals surface area contributed by atoms with Crippen molar-refractivity contribution in [3.8, 4) is 0 Å². The van der Waals surface area contributed by atoms with Gasteiger partial charge in [0.15, 0.2) is 0 Å². The number of pyridine rings is 1. The number of aromatic nitrogens is 3. The molecule has 0 amide bonds. The van der Waals surface area contributed by atoms with Gasteiger partial charge in [0.2, 0.25) is 0 Å². The first kappa shape index (κ1) is 11.1. The van der Waals surface area contributed by atoms with Gasteiger partial charge in [-0.25, -0.2) is 0 Å². The van der Waals surface area contributed by atoms with Gasteiger partial charge in [-0.2, -0.15) is 0 Å². The second-order valence-corrected chi connectivity index (χ2v) is 4.29. The molecule has 3 N–H and O–H groups in total. The monoisotopic (exact) mass is 235 g/mol. The van der Waals surface area contributed by atoms with Gasteiger partial charge in [-0.15, -0.1) is 5.10 Å². The highest BCUT2D eigenvalue weighted by atomic mass is 32.1. The van der Waals surface area contributed by atoms with Crippen molar-refractivity contribution in [2.45, 2.75) is 19.4 Å². The van der Waals surface area contributed by atoms with Crippen LogP contribution in [0.4, 0.5) is 0 Å². The predicted octanol–water partition coefficient (Wildman–Crippen LogP) is 0.989. The van der Waals surface area contributed by atoms with E-state index in [4.69, 9.17) is 5.84 Å². The summed E-state index contributed by atoms with van der Waals surface area (Å²) >= 11 is 1.38. The van der Waals surface area contributed by atoms with Gasteiger partial charge >= 0.3 is 0 Å².